The molecule has 1 saturated heterocycles. The quantitative estimate of drug-likeness (QED) is 0.338. The van der Waals surface area contributed by atoms with Gasteiger partial charge in [0.2, 0.25) is 22.9 Å². The number of nitrogens with one attached hydrogen (secondary N) is 1. The lowest BCUT2D eigenvalue weighted by atomic mass is 9.85. The number of likely N-dealkylation sites (tertiary alicyclic amines) is 1. The molecule has 0 bridgehead atoms. The summed E-state index contributed by atoms with van der Waals surface area (Å²) < 4.78 is 0.747. The predicted molar refractivity (Wildman–Crippen MR) is 96.2 cm³/mol. The molecule has 3 amide bonds. The van der Waals surface area contributed by atoms with Crippen molar-refractivity contribution in [3.63, 3.8) is 0 Å². The number of aromatic nitrogens is 2. The summed E-state index contributed by atoms with van der Waals surface area (Å²) in [5, 5.41) is 10.9. The van der Waals surface area contributed by atoms with Gasteiger partial charge < -0.3 is 5.32 Å². The van der Waals surface area contributed by atoms with Crippen LogP contribution in [0.3, 0.4) is 0 Å². The number of rotatable bonds is 7. The summed E-state index contributed by atoms with van der Waals surface area (Å²) in [5.41, 5.74) is 0. The maximum absolute atomic E-state index is 12.3. The molecular formula is C16H18N4O3S2. The summed E-state index contributed by atoms with van der Waals surface area (Å²) in [6.07, 6.45) is 6.92. The van der Waals surface area contributed by atoms with Crippen LogP contribution in [0.4, 0.5) is 5.13 Å². The Labute approximate surface area is 153 Å². The van der Waals surface area contributed by atoms with E-state index in [-0.39, 0.29) is 42.5 Å². The number of hydrogen-bond acceptors (Lipinski definition) is 7. The Hall–Kier alpha value is -2.00. The monoisotopic (exact) mass is 378 g/mol. The van der Waals surface area contributed by atoms with E-state index in [0.29, 0.717) is 18.0 Å². The van der Waals surface area contributed by atoms with E-state index >= 15 is 0 Å². The van der Waals surface area contributed by atoms with Crippen LogP contribution in [0.5, 0.6) is 0 Å². The Kier molecular flexibility index (Phi) is 5.64. The van der Waals surface area contributed by atoms with Crippen LogP contribution in [0, 0.1) is 11.8 Å². The number of fused-ring (bicyclic) bond motifs is 1. The van der Waals surface area contributed by atoms with Crippen LogP contribution >= 0.6 is 23.1 Å². The van der Waals surface area contributed by atoms with Crippen LogP contribution < -0.4 is 5.32 Å². The zero-order chi connectivity index (χ0) is 17.8. The molecule has 25 heavy (non-hydrogen) atoms. The highest BCUT2D eigenvalue weighted by Crippen LogP contribution is 2.35. The van der Waals surface area contributed by atoms with E-state index in [0.717, 1.165) is 10.1 Å². The Bertz CT molecular complexity index is 705. The standard InChI is InChI=1S/C16H18N4O3S2/c1-2-9-24-16-19-18-15(25-16)17-12(21)7-8-20-13(22)10-5-3-4-6-11(10)14(20)23/h2-4,10-11H,1,5-9H2,(H,17,18,21)/t10-,11+. The van der Waals surface area contributed by atoms with Gasteiger partial charge in [-0.05, 0) is 12.8 Å². The molecule has 1 aliphatic heterocycles. The summed E-state index contributed by atoms with van der Waals surface area (Å²) in [6, 6.07) is 0. The molecule has 1 N–H and O–H groups in total. The Balaban J connectivity index is 1.50. The molecule has 3 rings (SSSR count). The first-order valence-electron chi connectivity index (χ1n) is 7.97. The molecule has 0 spiro atoms. The minimum absolute atomic E-state index is 0.0546. The fraction of sp³-hybridized carbons (Fsp3) is 0.438. The number of hydrogen-bond donors (Lipinski definition) is 1. The topological polar surface area (TPSA) is 92.3 Å². The van der Waals surface area contributed by atoms with Crippen LogP contribution in [-0.4, -0.2) is 45.1 Å². The van der Waals surface area contributed by atoms with E-state index in [9.17, 15) is 14.4 Å². The molecule has 1 aromatic rings. The number of nitrogens with zero attached hydrogens (tertiary/aromatic N) is 3. The van der Waals surface area contributed by atoms with Crippen molar-refractivity contribution < 1.29 is 14.4 Å². The minimum atomic E-state index is -0.287. The molecule has 132 valence electrons. The second-order valence-electron chi connectivity index (χ2n) is 5.75. The molecule has 2 atom stereocenters. The molecule has 7 nitrogen and oxygen atoms in total. The molecular weight excluding hydrogens is 360 g/mol. The van der Waals surface area contributed by atoms with Crippen molar-refractivity contribution in [1.29, 1.82) is 0 Å². The van der Waals surface area contributed by atoms with Crippen molar-refractivity contribution in [2.24, 2.45) is 11.8 Å². The molecule has 2 aliphatic rings. The zero-order valence-corrected chi connectivity index (χ0v) is 15.1. The lowest BCUT2D eigenvalue weighted by molar-refractivity contribution is -0.140. The molecule has 0 radical (unpaired) electrons. The zero-order valence-electron chi connectivity index (χ0n) is 13.5. The van der Waals surface area contributed by atoms with Gasteiger partial charge in [-0.2, -0.15) is 0 Å². The Morgan fingerprint density at radius 2 is 2.00 bits per heavy atom. The molecule has 0 saturated carbocycles. The largest absolute Gasteiger partial charge is 0.300 e. The van der Waals surface area contributed by atoms with Gasteiger partial charge in [0.05, 0.1) is 11.8 Å². The van der Waals surface area contributed by atoms with Crippen molar-refractivity contribution in [2.75, 3.05) is 17.6 Å². The van der Waals surface area contributed by atoms with Gasteiger partial charge >= 0.3 is 0 Å². The summed E-state index contributed by atoms with van der Waals surface area (Å²) in [4.78, 5) is 38.0. The highest BCUT2D eigenvalue weighted by Gasteiger charge is 2.46. The van der Waals surface area contributed by atoms with Gasteiger partial charge in [-0.25, -0.2) is 0 Å². The van der Waals surface area contributed by atoms with Gasteiger partial charge in [-0.15, -0.1) is 16.8 Å². The van der Waals surface area contributed by atoms with Crippen LogP contribution in [-0.2, 0) is 14.4 Å². The van der Waals surface area contributed by atoms with Gasteiger partial charge in [0.15, 0.2) is 4.34 Å². The summed E-state index contributed by atoms with van der Waals surface area (Å²) >= 11 is 2.77. The number of anilines is 1. The van der Waals surface area contributed by atoms with Crippen molar-refractivity contribution in [2.45, 2.75) is 23.6 Å². The van der Waals surface area contributed by atoms with E-state index in [1.165, 1.54) is 28.0 Å². The van der Waals surface area contributed by atoms with E-state index in [1.807, 2.05) is 12.2 Å². The highest BCUT2D eigenvalue weighted by atomic mass is 32.2. The van der Waals surface area contributed by atoms with Crippen LogP contribution in [0.2, 0.25) is 0 Å². The average Bonchev–Trinajstić information content (AvgIpc) is 3.15. The second-order valence-corrected chi connectivity index (χ2v) is 8.00. The van der Waals surface area contributed by atoms with Crippen molar-refractivity contribution in [3.05, 3.63) is 24.8 Å². The molecule has 1 aliphatic carbocycles. The van der Waals surface area contributed by atoms with Gasteiger partial charge in [-0.3, -0.25) is 19.3 Å². The Morgan fingerprint density at radius 3 is 2.64 bits per heavy atom. The smallest absolute Gasteiger partial charge is 0.233 e. The molecule has 2 heterocycles. The van der Waals surface area contributed by atoms with Gasteiger partial charge in [-0.1, -0.05) is 41.3 Å². The van der Waals surface area contributed by atoms with Crippen molar-refractivity contribution in [3.8, 4) is 0 Å². The minimum Gasteiger partial charge on any atom is -0.300 e. The fourth-order valence-corrected chi connectivity index (χ4v) is 4.46. The van der Waals surface area contributed by atoms with Crippen molar-refractivity contribution in [1.82, 2.24) is 15.1 Å². The lowest BCUT2D eigenvalue weighted by Gasteiger charge is -2.14. The van der Waals surface area contributed by atoms with Crippen LogP contribution in [0.25, 0.3) is 0 Å². The maximum atomic E-state index is 12.3. The molecule has 1 aromatic heterocycles. The Morgan fingerprint density at radius 1 is 1.32 bits per heavy atom. The van der Waals surface area contributed by atoms with Gasteiger partial charge in [0.1, 0.15) is 0 Å². The number of carbonyl (C=O) groups is 3. The first-order valence-corrected chi connectivity index (χ1v) is 9.77. The number of allylic oxidation sites excluding steroid dienone is 2. The first-order chi connectivity index (χ1) is 12.1. The average molecular weight is 378 g/mol. The molecule has 0 unspecified atom stereocenters. The highest BCUT2D eigenvalue weighted by molar-refractivity contribution is 8.01. The third-order valence-corrected chi connectivity index (χ3v) is 6.11. The summed E-state index contributed by atoms with van der Waals surface area (Å²) in [7, 11) is 0. The first kappa shape index (κ1) is 17.8. The van der Waals surface area contributed by atoms with Crippen LogP contribution in [0.1, 0.15) is 19.3 Å². The van der Waals surface area contributed by atoms with Crippen molar-refractivity contribution >= 4 is 46.0 Å². The van der Waals surface area contributed by atoms with E-state index in [2.05, 4.69) is 22.1 Å². The maximum Gasteiger partial charge on any atom is 0.233 e. The van der Waals surface area contributed by atoms with E-state index < -0.39 is 0 Å². The van der Waals surface area contributed by atoms with E-state index in [1.54, 1.807) is 6.08 Å². The summed E-state index contributed by atoms with van der Waals surface area (Å²) in [5.74, 6) is -0.400. The second kappa shape index (κ2) is 7.92. The lowest BCUT2D eigenvalue weighted by Crippen LogP contribution is -2.34. The van der Waals surface area contributed by atoms with Gasteiger partial charge in [0, 0.05) is 18.7 Å². The number of imide groups is 1. The molecule has 0 aromatic carbocycles. The molecule has 1 fully saturated rings. The van der Waals surface area contributed by atoms with Gasteiger partial charge in [0.25, 0.3) is 0 Å². The van der Waals surface area contributed by atoms with Crippen LogP contribution in [0.15, 0.2) is 29.1 Å². The predicted octanol–water partition coefficient (Wildman–Crippen LogP) is 2.10. The fourth-order valence-electron chi connectivity index (χ4n) is 2.93. The summed E-state index contributed by atoms with van der Waals surface area (Å²) in [6.45, 7) is 3.74. The normalized spacial score (nSPS) is 22.2. The molecule has 9 heteroatoms. The number of amides is 3. The number of carbonyl (C=O) groups excluding carboxylic acids is 3. The third kappa shape index (κ3) is 3.98. The number of thioether (sulfide) groups is 1. The third-order valence-electron chi connectivity index (χ3n) is 4.14. The SMILES string of the molecule is C=CCSc1nnc(NC(=O)CCN2C(=O)[C@H]3CC=CC[C@H]3C2=O)s1. The van der Waals surface area contributed by atoms with E-state index in [4.69, 9.17) is 0 Å².